The molecular weight excluding hydrogens is 324 g/mol. The molecule has 24 heavy (non-hydrogen) atoms. The van der Waals surface area contributed by atoms with Crippen LogP contribution in [0.25, 0.3) is 0 Å². The lowest BCUT2D eigenvalue weighted by Gasteiger charge is -2.37. The van der Waals surface area contributed by atoms with Gasteiger partial charge < -0.3 is 14.7 Å². The van der Waals surface area contributed by atoms with E-state index in [0.29, 0.717) is 13.1 Å². The number of aromatic nitrogens is 3. The van der Waals surface area contributed by atoms with Crippen molar-refractivity contribution in [3.05, 3.63) is 29.4 Å². The van der Waals surface area contributed by atoms with Gasteiger partial charge in [0.05, 0.1) is 11.4 Å². The molecule has 3 heterocycles. The van der Waals surface area contributed by atoms with Crippen molar-refractivity contribution >= 4 is 17.5 Å². The highest BCUT2D eigenvalue weighted by Gasteiger charge is 2.37. The van der Waals surface area contributed by atoms with Crippen molar-refractivity contribution in [2.75, 3.05) is 18.4 Å². The van der Waals surface area contributed by atoms with Gasteiger partial charge in [0.2, 0.25) is 0 Å². The molecular formula is C14H15F2N5O3. The Bertz CT molecular complexity index is 779. The molecule has 2 amide bonds. The molecule has 0 aliphatic carbocycles. The van der Waals surface area contributed by atoms with E-state index < -0.39 is 23.9 Å². The fraction of sp³-hybridized carbons (Fsp3) is 0.429. The Morgan fingerprint density at radius 2 is 2.12 bits per heavy atom. The summed E-state index contributed by atoms with van der Waals surface area (Å²) in [5, 5.41) is 9.63. The molecule has 8 nitrogen and oxygen atoms in total. The molecule has 1 saturated heterocycles. The molecule has 0 radical (unpaired) electrons. The lowest BCUT2D eigenvalue weighted by molar-refractivity contribution is -0.146. The molecule has 2 aromatic rings. The van der Waals surface area contributed by atoms with E-state index >= 15 is 0 Å². The Balaban J connectivity index is 1.61. The number of alkyl halides is 2. The van der Waals surface area contributed by atoms with Crippen LogP contribution in [0.15, 0.2) is 17.0 Å². The fourth-order valence-corrected chi connectivity index (χ4v) is 2.59. The minimum atomic E-state index is -2.85. The molecule has 128 valence electrons. The van der Waals surface area contributed by atoms with Crippen LogP contribution in [0.4, 0.5) is 14.5 Å². The van der Waals surface area contributed by atoms with E-state index in [1.54, 1.807) is 0 Å². The molecule has 0 bridgehead atoms. The van der Waals surface area contributed by atoms with E-state index in [-0.39, 0.29) is 11.6 Å². The Kier molecular flexibility index (Phi) is 4.04. The van der Waals surface area contributed by atoms with Crippen LogP contribution >= 0.6 is 0 Å². The zero-order chi connectivity index (χ0) is 17.4. The summed E-state index contributed by atoms with van der Waals surface area (Å²) in [4.78, 5) is 25.4. The van der Waals surface area contributed by atoms with Crippen molar-refractivity contribution in [3.63, 3.8) is 0 Å². The minimum Gasteiger partial charge on any atom is -0.364 e. The van der Waals surface area contributed by atoms with Gasteiger partial charge in [-0.25, -0.2) is 8.78 Å². The summed E-state index contributed by atoms with van der Waals surface area (Å²) in [5.41, 5.74) is 0.897. The van der Waals surface area contributed by atoms with Crippen molar-refractivity contribution in [2.45, 2.75) is 19.3 Å². The number of carbonyl (C=O) groups is 2. The van der Waals surface area contributed by atoms with Gasteiger partial charge in [0.15, 0.2) is 5.69 Å². The van der Waals surface area contributed by atoms with E-state index in [9.17, 15) is 18.4 Å². The first kappa shape index (κ1) is 16.1. The van der Waals surface area contributed by atoms with Crippen molar-refractivity contribution in [1.29, 1.82) is 0 Å². The maximum absolute atomic E-state index is 12.8. The summed E-state index contributed by atoms with van der Waals surface area (Å²) in [6.45, 7) is 2.50. The van der Waals surface area contributed by atoms with Gasteiger partial charge in [-0.15, -0.1) is 0 Å². The van der Waals surface area contributed by atoms with Crippen LogP contribution in [0.1, 0.15) is 29.3 Å². The van der Waals surface area contributed by atoms with Crippen LogP contribution in [-0.4, -0.2) is 44.7 Å². The van der Waals surface area contributed by atoms with E-state index in [1.807, 2.05) is 6.92 Å². The number of carbonyl (C=O) groups excluding carboxylic acids is 2. The topological polar surface area (TPSA) is 93.3 Å². The lowest BCUT2D eigenvalue weighted by atomic mass is 9.94. The number of aryl methyl sites for hydroxylation is 2. The number of amides is 2. The standard InChI is InChI=1S/C14H15F2N5O3/c1-7-6-24-19-10(7)8-3-21(4-8)14(23)13(22)17-9-5-20(2)18-11(9)12(15)16/h5-6,8,12H,3-4H2,1-2H3,(H,17,22). The molecule has 2 aromatic heterocycles. The summed E-state index contributed by atoms with van der Waals surface area (Å²) in [6.07, 6.45) is -0.106. The molecule has 0 aromatic carbocycles. The number of likely N-dealkylation sites (tertiary alicyclic amines) is 1. The van der Waals surface area contributed by atoms with Gasteiger partial charge in [-0.2, -0.15) is 5.10 Å². The predicted octanol–water partition coefficient (Wildman–Crippen LogP) is 1.22. The first-order valence-electron chi connectivity index (χ1n) is 7.19. The van der Waals surface area contributed by atoms with Crippen molar-refractivity contribution in [3.8, 4) is 0 Å². The Morgan fingerprint density at radius 3 is 2.71 bits per heavy atom. The fourth-order valence-electron chi connectivity index (χ4n) is 2.59. The third-order valence-corrected chi connectivity index (χ3v) is 3.85. The molecule has 1 aliphatic heterocycles. The first-order chi connectivity index (χ1) is 11.4. The van der Waals surface area contributed by atoms with E-state index in [2.05, 4.69) is 15.6 Å². The van der Waals surface area contributed by atoms with Crippen molar-refractivity contribution in [1.82, 2.24) is 19.8 Å². The smallest absolute Gasteiger partial charge is 0.314 e. The average molecular weight is 339 g/mol. The molecule has 0 spiro atoms. The van der Waals surface area contributed by atoms with Crippen LogP contribution in [0, 0.1) is 6.92 Å². The van der Waals surface area contributed by atoms with Gasteiger partial charge in [0.1, 0.15) is 6.26 Å². The van der Waals surface area contributed by atoms with Crippen molar-refractivity contribution in [2.24, 2.45) is 7.05 Å². The maximum Gasteiger partial charge on any atom is 0.314 e. The molecule has 10 heteroatoms. The van der Waals surface area contributed by atoms with Gasteiger partial charge in [0.25, 0.3) is 6.43 Å². The van der Waals surface area contributed by atoms with Crippen molar-refractivity contribution < 1.29 is 22.9 Å². The molecule has 0 atom stereocenters. The zero-order valence-corrected chi connectivity index (χ0v) is 13.0. The number of nitrogens with zero attached hydrogens (tertiary/aromatic N) is 4. The Morgan fingerprint density at radius 1 is 1.42 bits per heavy atom. The molecule has 3 rings (SSSR count). The Labute approximate surface area is 135 Å². The molecule has 0 unspecified atom stereocenters. The second kappa shape index (κ2) is 6.02. The highest BCUT2D eigenvalue weighted by Crippen LogP contribution is 2.29. The maximum atomic E-state index is 12.8. The van der Waals surface area contributed by atoms with Gasteiger partial charge in [-0.3, -0.25) is 14.3 Å². The molecule has 1 N–H and O–H groups in total. The number of hydrogen-bond donors (Lipinski definition) is 1. The van der Waals surface area contributed by atoms with Gasteiger partial charge in [-0.1, -0.05) is 5.16 Å². The highest BCUT2D eigenvalue weighted by atomic mass is 19.3. The van der Waals surface area contributed by atoms with E-state index in [1.165, 1.54) is 24.4 Å². The molecule has 1 aliphatic rings. The third-order valence-electron chi connectivity index (χ3n) is 3.85. The number of nitrogens with one attached hydrogen (secondary N) is 1. The van der Waals surface area contributed by atoms with Crippen LogP contribution in [-0.2, 0) is 16.6 Å². The summed E-state index contributed by atoms with van der Waals surface area (Å²) in [6, 6.07) is 0. The zero-order valence-electron chi connectivity index (χ0n) is 13.0. The van der Waals surface area contributed by atoms with Crippen LogP contribution in [0.2, 0.25) is 0 Å². The number of rotatable bonds is 3. The third kappa shape index (κ3) is 2.86. The predicted molar refractivity (Wildman–Crippen MR) is 77.4 cm³/mol. The summed E-state index contributed by atoms with van der Waals surface area (Å²) in [7, 11) is 1.45. The SMILES string of the molecule is Cc1conc1C1CN(C(=O)C(=O)Nc2cn(C)nc2C(F)F)C1. The number of anilines is 1. The highest BCUT2D eigenvalue weighted by molar-refractivity contribution is 6.39. The Hall–Kier alpha value is -2.78. The first-order valence-corrected chi connectivity index (χ1v) is 7.19. The largest absolute Gasteiger partial charge is 0.364 e. The second-order valence-electron chi connectivity index (χ2n) is 5.65. The summed E-state index contributed by atoms with van der Waals surface area (Å²) >= 11 is 0. The van der Waals surface area contributed by atoms with E-state index in [4.69, 9.17) is 4.52 Å². The summed E-state index contributed by atoms with van der Waals surface area (Å²) < 4.78 is 31.7. The normalized spacial score (nSPS) is 14.8. The second-order valence-corrected chi connectivity index (χ2v) is 5.65. The van der Waals surface area contributed by atoms with E-state index in [0.717, 1.165) is 15.9 Å². The van der Waals surface area contributed by atoms with Gasteiger partial charge in [-0.05, 0) is 6.92 Å². The molecule has 0 saturated carbocycles. The van der Waals surface area contributed by atoms with Crippen LogP contribution in [0.3, 0.4) is 0 Å². The number of halogens is 2. The quantitative estimate of drug-likeness (QED) is 0.849. The number of hydrogen-bond acceptors (Lipinski definition) is 5. The monoisotopic (exact) mass is 339 g/mol. The van der Waals surface area contributed by atoms with Gasteiger partial charge in [0, 0.05) is 37.8 Å². The lowest BCUT2D eigenvalue weighted by Crippen LogP contribution is -2.52. The summed E-state index contributed by atoms with van der Waals surface area (Å²) in [5.74, 6) is -1.74. The van der Waals surface area contributed by atoms with Crippen LogP contribution < -0.4 is 5.32 Å². The molecule has 1 fully saturated rings. The average Bonchev–Trinajstić information content (AvgIpc) is 3.04. The van der Waals surface area contributed by atoms with Crippen LogP contribution in [0.5, 0.6) is 0 Å². The minimum absolute atomic E-state index is 0.00974. The van der Waals surface area contributed by atoms with Gasteiger partial charge >= 0.3 is 11.8 Å².